The number of benzene rings is 1. The van der Waals surface area contributed by atoms with Gasteiger partial charge in [-0.1, -0.05) is 17.7 Å². The molecule has 2 N–H and O–H groups in total. The molecule has 1 aromatic heterocycles. The molecule has 3 rings (SSSR count). The molecule has 1 aromatic carbocycles. The first kappa shape index (κ1) is 24.2. The molecule has 164 valence electrons. The highest BCUT2D eigenvalue weighted by Gasteiger charge is 2.25. The monoisotopic (exact) mass is 527 g/mol. The number of nitrogens with zero attached hydrogens (tertiary/aromatic N) is 3. The normalized spacial score (nSPS) is 16.2. The van der Waals surface area contributed by atoms with Crippen LogP contribution in [0.15, 0.2) is 41.5 Å². The average Bonchev–Trinajstić information content (AvgIpc) is 3.17. The second-order valence-corrected chi connectivity index (χ2v) is 7.21. The van der Waals surface area contributed by atoms with E-state index in [2.05, 4.69) is 28.6 Å². The quantitative estimate of drug-likeness (QED) is 0.328. The van der Waals surface area contributed by atoms with E-state index in [9.17, 15) is 4.39 Å². The minimum absolute atomic E-state index is 0. The summed E-state index contributed by atoms with van der Waals surface area (Å²) in [6.07, 6.45) is 3.34. The molecular weight excluding hydrogens is 496 g/mol. The van der Waals surface area contributed by atoms with Crippen LogP contribution in [0.1, 0.15) is 24.5 Å². The number of methoxy groups -OCH3 is 1. The van der Waals surface area contributed by atoms with Crippen molar-refractivity contribution >= 4 is 35.8 Å². The molecule has 30 heavy (non-hydrogen) atoms. The van der Waals surface area contributed by atoms with Crippen molar-refractivity contribution in [2.75, 3.05) is 38.2 Å². The summed E-state index contributed by atoms with van der Waals surface area (Å²) in [5.74, 6) is 1.83. The van der Waals surface area contributed by atoms with Crippen LogP contribution >= 0.6 is 24.0 Å². The zero-order valence-corrected chi connectivity index (χ0v) is 20.2. The maximum atomic E-state index is 14.0. The van der Waals surface area contributed by atoms with Crippen LogP contribution in [-0.4, -0.2) is 50.3 Å². The van der Waals surface area contributed by atoms with E-state index in [-0.39, 0.29) is 35.8 Å². The van der Waals surface area contributed by atoms with Gasteiger partial charge in [-0.15, -0.1) is 24.0 Å². The number of guanidine groups is 1. The molecule has 8 heteroatoms. The van der Waals surface area contributed by atoms with Gasteiger partial charge in [-0.2, -0.15) is 0 Å². The Labute approximate surface area is 195 Å². The number of ether oxygens (including phenoxy) is 1. The Morgan fingerprint density at radius 1 is 1.37 bits per heavy atom. The number of hydrogen-bond donors (Lipinski definition) is 2. The number of hydrogen-bond acceptors (Lipinski definition) is 4. The van der Waals surface area contributed by atoms with Gasteiger partial charge in [-0.3, -0.25) is 4.99 Å². The van der Waals surface area contributed by atoms with Crippen LogP contribution in [0.5, 0.6) is 5.75 Å². The SMILES string of the molecule is CCNC(=NCCc1cc(C)ccc1OC)NC1CCN(c2ncccc2F)C1.I. The number of aliphatic imine (C=N–C) groups is 1. The summed E-state index contributed by atoms with van der Waals surface area (Å²) in [6, 6.07) is 9.46. The fourth-order valence-electron chi connectivity index (χ4n) is 3.58. The third kappa shape index (κ3) is 6.45. The van der Waals surface area contributed by atoms with Crippen LogP contribution < -0.4 is 20.3 Å². The Morgan fingerprint density at radius 2 is 2.20 bits per heavy atom. The third-order valence-electron chi connectivity index (χ3n) is 5.00. The smallest absolute Gasteiger partial charge is 0.191 e. The Kier molecular flexibility index (Phi) is 9.61. The van der Waals surface area contributed by atoms with E-state index < -0.39 is 0 Å². The van der Waals surface area contributed by atoms with E-state index in [4.69, 9.17) is 9.73 Å². The third-order valence-corrected chi connectivity index (χ3v) is 5.00. The van der Waals surface area contributed by atoms with Gasteiger partial charge in [0.1, 0.15) is 5.75 Å². The molecule has 1 unspecified atom stereocenters. The lowest BCUT2D eigenvalue weighted by molar-refractivity contribution is 0.409. The summed E-state index contributed by atoms with van der Waals surface area (Å²) in [5.41, 5.74) is 2.37. The van der Waals surface area contributed by atoms with Crippen LogP contribution in [0.25, 0.3) is 0 Å². The number of anilines is 1. The average molecular weight is 527 g/mol. The Hall–Kier alpha value is -2.10. The Balaban J connectivity index is 0.00000320. The zero-order chi connectivity index (χ0) is 20.6. The molecular formula is C22H31FIN5O. The summed E-state index contributed by atoms with van der Waals surface area (Å²) in [5, 5.41) is 6.78. The zero-order valence-electron chi connectivity index (χ0n) is 17.8. The topological polar surface area (TPSA) is 61.8 Å². The maximum absolute atomic E-state index is 14.0. The molecule has 0 saturated carbocycles. The van der Waals surface area contributed by atoms with Crippen LogP contribution in [0.2, 0.25) is 0 Å². The first-order valence-corrected chi connectivity index (χ1v) is 10.1. The Morgan fingerprint density at radius 3 is 2.93 bits per heavy atom. The summed E-state index contributed by atoms with van der Waals surface area (Å²) in [4.78, 5) is 10.9. The molecule has 1 aliphatic heterocycles. The van der Waals surface area contributed by atoms with Crippen molar-refractivity contribution in [3.8, 4) is 5.75 Å². The van der Waals surface area contributed by atoms with Crippen molar-refractivity contribution in [1.82, 2.24) is 15.6 Å². The minimum atomic E-state index is -0.277. The van der Waals surface area contributed by atoms with Gasteiger partial charge < -0.3 is 20.3 Å². The summed E-state index contributed by atoms with van der Waals surface area (Å²) < 4.78 is 19.5. The van der Waals surface area contributed by atoms with Gasteiger partial charge in [0.2, 0.25) is 0 Å². The fourth-order valence-corrected chi connectivity index (χ4v) is 3.58. The van der Waals surface area contributed by atoms with Gasteiger partial charge in [0.05, 0.1) is 7.11 Å². The number of aryl methyl sites for hydroxylation is 1. The fraction of sp³-hybridized carbons (Fsp3) is 0.455. The number of pyridine rings is 1. The van der Waals surface area contributed by atoms with Gasteiger partial charge in [0, 0.05) is 38.4 Å². The number of nitrogens with one attached hydrogen (secondary N) is 2. The van der Waals surface area contributed by atoms with Crippen molar-refractivity contribution in [2.24, 2.45) is 4.99 Å². The lowest BCUT2D eigenvalue weighted by Gasteiger charge is -2.20. The van der Waals surface area contributed by atoms with Crippen LogP contribution in [0.3, 0.4) is 0 Å². The minimum Gasteiger partial charge on any atom is -0.496 e. The maximum Gasteiger partial charge on any atom is 0.191 e. The first-order chi connectivity index (χ1) is 14.1. The molecule has 0 bridgehead atoms. The van der Waals surface area contributed by atoms with Crippen LogP contribution in [0, 0.1) is 12.7 Å². The number of rotatable bonds is 7. The summed E-state index contributed by atoms with van der Waals surface area (Å²) >= 11 is 0. The van der Waals surface area contributed by atoms with Crippen LogP contribution in [-0.2, 0) is 6.42 Å². The highest BCUT2D eigenvalue weighted by Crippen LogP contribution is 2.21. The molecule has 6 nitrogen and oxygen atoms in total. The molecule has 0 spiro atoms. The molecule has 1 saturated heterocycles. The molecule has 2 heterocycles. The van der Waals surface area contributed by atoms with Crippen molar-refractivity contribution in [2.45, 2.75) is 32.7 Å². The molecule has 0 aliphatic carbocycles. The van der Waals surface area contributed by atoms with E-state index in [1.54, 1.807) is 19.4 Å². The molecule has 1 aliphatic rings. The molecule has 1 fully saturated rings. The Bertz CT molecular complexity index is 848. The number of halogens is 2. The first-order valence-electron chi connectivity index (χ1n) is 10.1. The second kappa shape index (κ2) is 11.9. The molecule has 0 radical (unpaired) electrons. The highest BCUT2D eigenvalue weighted by molar-refractivity contribution is 14.0. The molecule has 0 amide bonds. The predicted octanol–water partition coefficient (Wildman–Crippen LogP) is 3.53. The molecule has 1 atom stereocenters. The lowest BCUT2D eigenvalue weighted by Crippen LogP contribution is -2.44. The van der Waals surface area contributed by atoms with Crippen molar-refractivity contribution < 1.29 is 9.13 Å². The second-order valence-electron chi connectivity index (χ2n) is 7.21. The van der Waals surface area contributed by atoms with Crippen molar-refractivity contribution in [3.05, 3.63) is 53.5 Å². The van der Waals surface area contributed by atoms with Gasteiger partial charge >= 0.3 is 0 Å². The van der Waals surface area contributed by atoms with Crippen LogP contribution in [0.4, 0.5) is 10.2 Å². The largest absolute Gasteiger partial charge is 0.496 e. The molecule has 2 aromatic rings. The summed E-state index contributed by atoms with van der Waals surface area (Å²) in [6.45, 7) is 7.03. The van der Waals surface area contributed by atoms with E-state index in [1.165, 1.54) is 11.6 Å². The van der Waals surface area contributed by atoms with Gasteiger partial charge in [-0.25, -0.2) is 9.37 Å². The van der Waals surface area contributed by atoms with Gasteiger partial charge in [0.25, 0.3) is 0 Å². The van der Waals surface area contributed by atoms with Crippen molar-refractivity contribution in [3.63, 3.8) is 0 Å². The van der Waals surface area contributed by atoms with Gasteiger partial charge in [0.15, 0.2) is 17.6 Å². The predicted molar refractivity (Wildman–Crippen MR) is 131 cm³/mol. The number of aromatic nitrogens is 1. The summed E-state index contributed by atoms with van der Waals surface area (Å²) in [7, 11) is 1.69. The standard InChI is InChI=1S/C22H30FN5O.HI/c1-4-24-22(26-12-9-17-14-16(2)7-8-20(17)29-3)27-18-10-13-28(15-18)21-19(23)6-5-11-25-21;/h5-8,11,14,18H,4,9-10,12-13,15H2,1-3H3,(H2,24,26,27);1H. The van der Waals surface area contributed by atoms with Gasteiger partial charge in [-0.05, 0) is 50.5 Å². The van der Waals surface area contributed by atoms with E-state index in [0.29, 0.717) is 18.9 Å². The van der Waals surface area contributed by atoms with Crippen molar-refractivity contribution in [1.29, 1.82) is 0 Å². The van der Waals surface area contributed by atoms with E-state index >= 15 is 0 Å². The van der Waals surface area contributed by atoms with E-state index in [0.717, 1.165) is 43.2 Å². The van der Waals surface area contributed by atoms with E-state index in [1.807, 2.05) is 24.0 Å². The highest BCUT2D eigenvalue weighted by atomic mass is 127. The lowest BCUT2D eigenvalue weighted by atomic mass is 10.1.